The van der Waals surface area contributed by atoms with Crippen LogP contribution in [0, 0.1) is 0 Å². The predicted octanol–water partition coefficient (Wildman–Crippen LogP) is 3.33. The SMILES string of the molecule is COC(=O)c1c(N)c2ccc(NCC(F)(F)F)cc2n(-c2ccccc2)c1=O. The molecule has 1 heterocycles. The Morgan fingerprint density at radius 1 is 1.18 bits per heavy atom. The Morgan fingerprint density at radius 2 is 1.86 bits per heavy atom. The maximum absolute atomic E-state index is 13.0. The molecule has 0 amide bonds. The van der Waals surface area contributed by atoms with Gasteiger partial charge in [0, 0.05) is 16.8 Å². The lowest BCUT2D eigenvalue weighted by molar-refractivity contribution is -0.115. The molecule has 0 saturated carbocycles. The average molecular weight is 391 g/mol. The highest BCUT2D eigenvalue weighted by molar-refractivity contribution is 6.05. The zero-order chi connectivity index (χ0) is 20.5. The Balaban J connectivity index is 2.31. The summed E-state index contributed by atoms with van der Waals surface area (Å²) < 4.78 is 43.4. The monoisotopic (exact) mass is 391 g/mol. The normalized spacial score (nSPS) is 11.4. The number of carbonyl (C=O) groups excluding carboxylic acids is 1. The van der Waals surface area contributed by atoms with Crippen LogP contribution in [0.4, 0.5) is 24.5 Å². The summed E-state index contributed by atoms with van der Waals surface area (Å²) in [5, 5.41) is 2.60. The molecule has 0 aliphatic carbocycles. The van der Waals surface area contributed by atoms with Crippen molar-refractivity contribution < 1.29 is 22.7 Å². The Hall–Kier alpha value is -3.49. The lowest BCUT2D eigenvalue weighted by Gasteiger charge is -2.17. The van der Waals surface area contributed by atoms with Gasteiger partial charge in [-0.25, -0.2) is 4.79 Å². The van der Waals surface area contributed by atoms with Gasteiger partial charge in [0.2, 0.25) is 0 Å². The quantitative estimate of drug-likeness (QED) is 0.667. The molecule has 0 fully saturated rings. The van der Waals surface area contributed by atoms with E-state index in [4.69, 9.17) is 5.73 Å². The number of benzene rings is 2. The molecule has 3 aromatic rings. The van der Waals surface area contributed by atoms with Crippen LogP contribution in [-0.4, -0.2) is 30.4 Å². The van der Waals surface area contributed by atoms with Crippen LogP contribution in [0.15, 0.2) is 53.3 Å². The second-order valence-electron chi connectivity index (χ2n) is 5.96. The third kappa shape index (κ3) is 3.64. The van der Waals surface area contributed by atoms with Gasteiger partial charge in [0.15, 0.2) is 0 Å². The number of nitrogens with two attached hydrogens (primary N) is 1. The lowest BCUT2D eigenvalue weighted by atomic mass is 10.1. The maximum atomic E-state index is 13.0. The number of alkyl halides is 3. The van der Waals surface area contributed by atoms with E-state index in [2.05, 4.69) is 10.1 Å². The first-order valence-corrected chi connectivity index (χ1v) is 8.15. The molecule has 9 heteroatoms. The zero-order valence-electron chi connectivity index (χ0n) is 14.7. The van der Waals surface area contributed by atoms with Gasteiger partial charge in [-0.1, -0.05) is 18.2 Å². The summed E-state index contributed by atoms with van der Waals surface area (Å²) in [6, 6.07) is 12.6. The number of esters is 1. The van der Waals surface area contributed by atoms with Crippen LogP contribution in [0.3, 0.4) is 0 Å². The van der Waals surface area contributed by atoms with E-state index in [0.717, 1.165) is 7.11 Å². The summed E-state index contributed by atoms with van der Waals surface area (Å²) in [4.78, 5) is 25.1. The number of methoxy groups -OCH3 is 1. The number of hydrogen-bond acceptors (Lipinski definition) is 5. The number of pyridine rings is 1. The van der Waals surface area contributed by atoms with Crippen molar-refractivity contribution in [1.29, 1.82) is 0 Å². The average Bonchev–Trinajstić information content (AvgIpc) is 2.66. The first-order valence-electron chi connectivity index (χ1n) is 8.15. The van der Waals surface area contributed by atoms with Gasteiger partial charge in [0.05, 0.1) is 18.3 Å². The molecule has 0 unspecified atom stereocenters. The van der Waals surface area contributed by atoms with Crippen LogP contribution in [0.1, 0.15) is 10.4 Å². The molecule has 28 heavy (non-hydrogen) atoms. The second kappa shape index (κ2) is 7.26. The molecule has 3 N–H and O–H groups in total. The van der Waals surface area contributed by atoms with Gasteiger partial charge in [-0.3, -0.25) is 9.36 Å². The number of anilines is 2. The van der Waals surface area contributed by atoms with E-state index in [1.54, 1.807) is 30.3 Å². The van der Waals surface area contributed by atoms with Crippen molar-refractivity contribution in [3.05, 3.63) is 64.4 Å². The predicted molar refractivity (Wildman–Crippen MR) is 99.8 cm³/mol. The van der Waals surface area contributed by atoms with Gasteiger partial charge in [0.25, 0.3) is 5.56 Å². The summed E-state index contributed by atoms with van der Waals surface area (Å²) in [5.74, 6) is -0.895. The Labute approximate surface area is 157 Å². The van der Waals surface area contributed by atoms with E-state index in [9.17, 15) is 22.8 Å². The summed E-state index contributed by atoms with van der Waals surface area (Å²) in [5.41, 5.74) is 5.70. The van der Waals surface area contributed by atoms with Gasteiger partial charge in [-0.15, -0.1) is 0 Å². The molecule has 3 rings (SSSR count). The molecule has 0 radical (unpaired) electrons. The van der Waals surface area contributed by atoms with Gasteiger partial charge in [-0.05, 0) is 30.3 Å². The number of hydrogen-bond donors (Lipinski definition) is 2. The van der Waals surface area contributed by atoms with Crippen molar-refractivity contribution in [2.75, 3.05) is 24.7 Å². The minimum atomic E-state index is -4.40. The standard InChI is InChI=1S/C19H16F3N3O3/c1-28-18(27)15-16(23)13-8-7-11(24-10-19(20,21)22)9-14(13)25(17(15)26)12-5-3-2-4-6-12/h2-9,24H,10,23H2,1H3. The zero-order valence-corrected chi connectivity index (χ0v) is 14.7. The molecule has 6 nitrogen and oxygen atoms in total. The highest BCUT2D eigenvalue weighted by atomic mass is 19.4. The fraction of sp³-hybridized carbons (Fsp3) is 0.158. The Bertz CT molecular complexity index is 1090. The summed E-state index contributed by atoms with van der Waals surface area (Å²) in [7, 11) is 1.13. The molecule has 146 valence electrons. The van der Waals surface area contributed by atoms with E-state index in [0.29, 0.717) is 11.1 Å². The van der Waals surface area contributed by atoms with E-state index in [1.165, 1.54) is 22.8 Å². The largest absolute Gasteiger partial charge is 0.465 e. The summed E-state index contributed by atoms with van der Waals surface area (Å²) in [6.07, 6.45) is -4.40. The van der Waals surface area contributed by atoms with Gasteiger partial charge in [-0.2, -0.15) is 13.2 Å². The minimum absolute atomic E-state index is 0.0959. The van der Waals surface area contributed by atoms with E-state index >= 15 is 0 Å². The Kier molecular flexibility index (Phi) is 5.00. The third-order valence-corrected chi connectivity index (χ3v) is 4.11. The highest BCUT2D eigenvalue weighted by Gasteiger charge is 2.27. The van der Waals surface area contributed by atoms with Crippen LogP contribution >= 0.6 is 0 Å². The molecule has 0 aliphatic rings. The van der Waals surface area contributed by atoms with Crippen molar-refractivity contribution in [3.63, 3.8) is 0 Å². The fourth-order valence-corrected chi connectivity index (χ4v) is 2.86. The first kappa shape index (κ1) is 19.3. The van der Waals surface area contributed by atoms with E-state index in [1.807, 2.05) is 0 Å². The van der Waals surface area contributed by atoms with Gasteiger partial charge < -0.3 is 15.8 Å². The number of ether oxygens (including phenoxy) is 1. The maximum Gasteiger partial charge on any atom is 0.405 e. The number of aromatic nitrogens is 1. The number of rotatable bonds is 4. The summed E-state index contributed by atoms with van der Waals surface area (Å²) in [6.45, 7) is -1.23. The smallest absolute Gasteiger partial charge is 0.405 e. The number of nitrogens with one attached hydrogen (secondary N) is 1. The molecule has 0 aliphatic heterocycles. The third-order valence-electron chi connectivity index (χ3n) is 4.11. The Morgan fingerprint density at radius 3 is 2.46 bits per heavy atom. The van der Waals surface area contributed by atoms with Crippen molar-refractivity contribution in [2.24, 2.45) is 0 Å². The number of para-hydroxylation sites is 1. The van der Waals surface area contributed by atoms with Crippen molar-refractivity contribution in [2.45, 2.75) is 6.18 Å². The number of nitrogen functional groups attached to an aromatic ring is 1. The van der Waals surface area contributed by atoms with Gasteiger partial charge >= 0.3 is 12.1 Å². The molecular weight excluding hydrogens is 375 g/mol. The van der Waals surface area contributed by atoms with Crippen LogP contribution in [0.5, 0.6) is 0 Å². The number of carbonyl (C=O) groups is 1. The van der Waals surface area contributed by atoms with Crippen molar-refractivity contribution >= 4 is 28.2 Å². The first-order chi connectivity index (χ1) is 13.2. The second-order valence-corrected chi connectivity index (χ2v) is 5.96. The van der Waals surface area contributed by atoms with Crippen molar-refractivity contribution in [3.8, 4) is 5.69 Å². The topological polar surface area (TPSA) is 86.3 Å². The van der Waals surface area contributed by atoms with Crippen LogP contribution in [-0.2, 0) is 4.74 Å². The molecule has 0 bridgehead atoms. The van der Waals surface area contributed by atoms with Crippen LogP contribution < -0.4 is 16.6 Å². The number of fused-ring (bicyclic) bond motifs is 1. The van der Waals surface area contributed by atoms with Gasteiger partial charge in [0.1, 0.15) is 12.1 Å². The van der Waals surface area contributed by atoms with Crippen LogP contribution in [0.25, 0.3) is 16.6 Å². The molecule has 2 aromatic carbocycles. The number of halogens is 3. The van der Waals surface area contributed by atoms with Crippen LogP contribution in [0.2, 0.25) is 0 Å². The highest BCUT2D eigenvalue weighted by Crippen LogP contribution is 2.28. The van der Waals surface area contributed by atoms with E-state index < -0.39 is 24.2 Å². The molecule has 0 atom stereocenters. The molecule has 1 aromatic heterocycles. The van der Waals surface area contributed by atoms with Crippen molar-refractivity contribution in [1.82, 2.24) is 4.57 Å². The molecular formula is C19H16F3N3O3. The number of nitrogens with zero attached hydrogens (tertiary/aromatic N) is 1. The minimum Gasteiger partial charge on any atom is -0.465 e. The fourth-order valence-electron chi connectivity index (χ4n) is 2.86. The molecule has 0 saturated heterocycles. The summed E-state index contributed by atoms with van der Waals surface area (Å²) >= 11 is 0. The van der Waals surface area contributed by atoms with E-state index in [-0.39, 0.29) is 22.5 Å². The lowest BCUT2D eigenvalue weighted by Crippen LogP contribution is -2.28. The molecule has 0 spiro atoms.